The molecule has 37 heavy (non-hydrogen) atoms. The van der Waals surface area contributed by atoms with E-state index in [-0.39, 0.29) is 11.7 Å². The number of esters is 1. The second kappa shape index (κ2) is 12.5. The minimum absolute atomic E-state index is 0.0859. The first-order valence-corrected chi connectivity index (χ1v) is 12.4. The molecule has 0 fully saturated rings. The van der Waals surface area contributed by atoms with E-state index in [0.717, 1.165) is 22.6 Å². The van der Waals surface area contributed by atoms with Crippen LogP contribution in [0.2, 0.25) is 0 Å². The van der Waals surface area contributed by atoms with Crippen molar-refractivity contribution in [1.82, 2.24) is 20.2 Å². The number of carbonyl (C=O) groups is 2. The van der Waals surface area contributed by atoms with Gasteiger partial charge in [-0.2, -0.15) is 5.10 Å². The van der Waals surface area contributed by atoms with E-state index in [2.05, 4.69) is 25.5 Å². The highest BCUT2D eigenvalue weighted by Crippen LogP contribution is 2.28. The summed E-state index contributed by atoms with van der Waals surface area (Å²) in [5.74, 6) is 0.813. The van der Waals surface area contributed by atoms with Crippen LogP contribution >= 0.6 is 11.8 Å². The largest absolute Gasteiger partial charge is 0.494 e. The Kier molecular flexibility index (Phi) is 8.66. The fourth-order valence-electron chi connectivity index (χ4n) is 3.39. The van der Waals surface area contributed by atoms with Crippen molar-refractivity contribution in [3.8, 4) is 22.8 Å². The maximum Gasteiger partial charge on any atom is 0.337 e. The first kappa shape index (κ1) is 25.6. The van der Waals surface area contributed by atoms with Crippen LogP contribution in [0.15, 0.2) is 89.1 Å². The standard InChI is InChI=1S/C27H25N5O4S/c1-3-36-23-15-13-22(14-16-23)32-25(20-7-5-4-6-8-20)30-31-27(32)37-18-24(33)29-28-17-19-9-11-21(12-10-19)26(34)35-2/h4-17H,3,18H2,1-2H3,(H,29,33). The first-order chi connectivity index (χ1) is 18.1. The van der Waals surface area contributed by atoms with Crippen molar-refractivity contribution in [3.63, 3.8) is 0 Å². The maximum atomic E-state index is 12.4. The number of nitrogens with one attached hydrogen (secondary N) is 1. The minimum atomic E-state index is -0.415. The number of methoxy groups -OCH3 is 1. The SMILES string of the molecule is CCOc1ccc(-n2c(SCC(=O)NN=Cc3ccc(C(=O)OC)cc3)nnc2-c2ccccc2)cc1. The lowest BCUT2D eigenvalue weighted by atomic mass is 10.1. The number of aromatic nitrogens is 3. The number of carbonyl (C=O) groups excluding carboxylic acids is 2. The lowest BCUT2D eigenvalue weighted by molar-refractivity contribution is -0.118. The molecule has 1 aromatic heterocycles. The van der Waals surface area contributed by atoms with Crippen LogP contribution in [0.1, 0.15) is 22.8 Å². The summed E-state index contributed by atoms with van der Waals surface area (Å²) in [6.07, 6.45) is 1.50. The van der Waals surface area contributed by atoms with Crippen molar-refractivity contribution in [1.29, 1.82) is 0 Å². The molecule has 0 saturated heterocycles. The van der Waals surface area contributed by atoms with Gasteiger partial charge in [-0.25, -0.2) is 10.2 Å². The molecule has 0 aliphatic rings. The molecule has 4 aromatic rings. The number of thioether (sulfide) groups is 1. The molecule has 1 amide bonds. The van der Waals surface area contributed by atoms with Gasteiger partial charge in [-0.05, 0) is 48.9 Å². The molecule has 0 bridgehead atoms. The number of amides is 1. The first-order valence-electron chi connectivity index (χ1n) is 11.5. The van der Waals surface area contributed by atoms with Gasteiger partial charge in [0, 0.05) is 11.3 Å². The third-order valence-corrected chi connectivity index (χ3v) is 6.07. The fraction of sp³-hybridized carbons (Fsp3) is 0.148. The molecule has 1 heterocycles. The molecule has 0 aliphatic carbocycles. The Labute approximate surface area is 218 Å². The summed E-state index contributed by atoms with van der Waals surface area (Å²) in [6.45, 7) is 2.52. The van der Waals surface area contributed by atoms with E-state index >= 15 is 0 Å². The molecule has 1 N–H and O–H groups in total. The number of hydrogen-bond donors (Lipinski definition) is 1. The number of ether oxygens (including phenoxy) is 2. The van der Waals surface area contributed by atoms with Gasteiger partial charge in [-0.3, -0.25) is 9.36 Å². The van der Waals surface area contributed by atoms with Crippen LogP contribution in [0, 0.1) is 0 Å². The molecule has 3 aromatic carbocycles. The highest BCUT2D eigenvalue weighted by atomic mass is 32.2. The summed E-state index contributed by atoms with van der Waals surface area (Å²) in [5, 5.41) is 13.3. The summed E-state index contributed by atoms with van der Waals surface area (Å²) in [7, 11) is 1.33. The second-order valence-electron chi connectivity index (χ2n) is 7.63. The van der Waals surface area contributed by atoms with E-state index in [1.165, 1.54) is 25.1 Å². The van der Waals surface area contributed by atoms with Gasteiger partial charge in [-0.1, -0.05) is 54.2 Å². The molecule has 9 nitrogen and oxygen atoms in total. The van der Waals surface area contributed by atoms with Crippen molar-refractivity contribution >= 4 is 29.9 Å². The zero-order valence-corrected chi connectivity index (χ0v) is 21.1. The average Bonchev–Trinajstić information content (AvgIpc) is 3.37. The molecule has 0 radical (unpaired) electrons. The number of rotatable bonds is 10. The monoisotopic (exact) mass is 515 g/mol. The Bertz CT molecular complexity index is 1370. The number of hydrazone groups is 1. The van der Waals surface area contributed by atoms with Crippen LogP contribution < -0.4 is 10.2 Å². The second-order valence-corrected chi connectivity index (χ2v) is 8.57. The smallest absolute Gasteiger partial charge is 0.337 e. The summed E-state index contributed by atoms with van der Waals surface area (Å²) < 4.78 is 12.2. The van der Waals surface area contributed by atoms with Crippen LogP contribution in [-0.2, 0) is 9.53 Å². The molecule has 0 atom stereocenters. The highest BCUT2D eigenvalue weighted by Gasteiger charge is 2.17. The maximum absolute atomic E-state index is 12.4. The van der Waals surface area contributed by atoms with Gasteiger partial charge in [-0.15, -0.1) is 10.2 Å². The normalized spacial score (nSPS) is 10.9. The number of hydrogen-bond acceptors (Lipinski definition) is 8. The summed E-state index contributed by atoms with van der Waals surface area (Å²) in [6, 6.07) is 24.1. The van der Waals surface area contributed by atoms with Gasteiger partial charge in [0.2, 0.25) is 0 Å². The van der Waals surface area contributed by atoms with Crippen LogP contribution in [0.5, 0.6) is 5.75 Å². The zero-order chi connectivity index (χ0) is 26.0. The Morgan fingerprint density at radius 1 is 1.00 bits per heavy atom. The molecule has 188 valence electrons. The van der Waals surface area contributed by atoms with E-state index in [1.807, 2.05) is 66.1 Å². The molecule has 0 aliphatic heterocycles. The Morgan fingerprint density at radius 2 is 1.73 bits per heavy atom. The quantitative estimate of drug-likeness (QED) is 0.145. The number of benzene rings is 3. The average molecular weight is 516 g/mol. The van der Waals surface area contributed by atoms with Gasteiger partial charge in [0.1, 0.15) is 5.75 Å². The van der Waals surface area contributed by atoms with Crippen molar-refractivity contribution in [3.05, 3.63) is 90.0 Å². The van der Waals surface area contributed by atoms with E-state index in [9.17, 15) is 9.59 Å². The summed E-state index contributed by atoms with van der Waals surface area (Å²) in [5.41, 5.74) is 5.43. The van der Waals surface area contributed by atoms with E-state index in [4.69, 9.17) is 4.74 Å². The van der Waals surface area contributed by atoms with E-state index < -0.39 is 5.97 Å². The van der Waals surface area contributed by atoms with Crippen molar-refractivity contribution < 1.29 is 19.1 Å². The molecular formula is C27H25N5O4S. The molecule has 0 saturated carbocycles. The topological polar surface area (TPSA) is 108 Å². The predicted octanol–water partition coefficient (Wildman–Crippen LogP) is 4.36. The van der Waals surface area contributed by atoms with Gasteiger partial charge >= 0.3 is 5.97 Å². The Balaban J connectivity index is 1.45. The lowest BCUT2D eigenvalue weighted by Crippen LogP contribution is -2.20. The number of nitrogens with zero attached hydrogens (tertiary/aromatic N) is 4. The zero-order valence-electron chi connectivity index (χ0n) is 20.3. The lowest BCUT2D eigenvalue weighted by Gasteiger charge is -2.11. The van der Waals surface area contributed by atoms with Crippen molar-refractivity contribution in [2.75, 3.05) is 19.5 Å². The highest BCUT2D eigenvalue weighted by molar-refractivity contribution is 7.99. The molecule has 0 spiro atoms. The molecular weight excluding hydrogens is 490 g/mol. The molecule has 10 heteroatoms. The van der Waals surface area contributed by atoms with Crippen LogP contribution in [0.3, 0.4) is 0 Å². The summed E-state index contributed by atoms with van der Waals surface area (Å²) in [4.78, 5) is 24.0. The van der Waals surface area contributed by atoms with Gasteiger partial charge < -0.3 is 9.47 Å². The van der Waals surface area contributed by atoms with Gasteiger partial charge in [0.25, 0.3) is 5.91 Å². The summed E-state index contributed by atoms with van der Waals surface area (Å²) >= 11 is 1.25. The molecule has 4 rings (SSSR count). The van der Waals surface area contributed by atoms with Gasteiger partial charge in [0.05, 0.1) is 31.2 Å². The van der Waals surface area contributed by atoms with Crippen LogP contribution in [-0.4, -0.2) is 52.3 Å². The third-order valence-electron chi connectivity index (χ3n) is 5.14. The van der Waals surface area contributed by atoms with Crippen molar-refractivity contribution in [2.45, 2.75) is 12.1 Å². The minimum Gasteiger partial charge on any atom is -0.494 e. The van der Waals surface area contributed by atoms with E-state index in [0.29, 0.717) is 23.2 Å². The van der Waals surface area contributed by atoms with E-state index in [1.54, 1.807) is 24.3 Å². The fourth-order valence-corrected chi connectivity index (χ4v) is 4.14. The van der Waals surface area contributed by atoms with Crippen LogP contribution in [0.25, 0.3) is 17.1 Å². The van der Waals surface area contributed by atoms with Gasteiger partial charge in [0.15, 0.2) is 11.0 Å². The predicted molar refractivity (Wildman–Crippen MR) is 142 cm³/mol. The van der Waals surface area contributed by atoms with Crippen LogP contribution in [0.4, 0.5) is 0 Å². The van der Waals surface area contributed by atoms with Crippen molar-refractivity contribution in [2.24, 2.45) is 5.10 Å². The molecule has 0 unspecified atom stereocenters. The third kappa shape index (κ3) is 6.62. The Hall–Kier alpha value is -4.44. The Morgan fingerprint density at radius 3 is 2.41 bits per heavy atom.